The van der Waals surface area contributed by atoms with Crippen LogP contribution in [-0.2, 0) is 0 Å². The highest BCUT2D eigenvalue weighted by molar-refractivity contribution is 5.48. The number of aromatic nitrogens is 2. The van der Waals surface area contributed by atoms with Gasteiger partial charge in [-0.2, -0.15) is 4.98 Å². The Bertz CT molecular complexity index is 455. The van der Waals surface area contributed by atoms with Crippen molar-refractivity contribution in [3.63, 3.8) is 0 Å². The molecule has 1 N–H and O–H groups in total. The fourth-order valence-electron chi connectivity index (χ4n) is 1.65. The number of anilines is 1. The van der Waals surface area contributed by atoms with Crippen molar-refractivity contribution >= 4 is 5.82 Å². The Kier molecular flexibility index (Phi) is 6.49. The molecule has 1 heterocycles. The Labute approximate surface area is 122 Å². The van der Waals surface area contributed by atoms with Gasteiger partial charge in [-0.05, 0) is 20.3 Å². The highest BCUT2D eigenvalue weighted by atomic mass is 16.5. The minimum absolute atomic E-state index is 0.279. The number of ether oxygens (including phenoxy) is 1. The van der Waals surface area contributed by atoms with E-state index in [1.54, 1.807) is 0 Å². The van der Waals surface area contributed by atoms with E-state index in [4.69, 9.17) is 4.74 Å². The topological polar surface area (TPSA) is 47.0 Å². The van der Waals surface area contributed by atoms with E-state index in [1.165, 1.54) is 0 Å². The zero-order valence-electron chi connectivity index (χ0n) is 13.4. The molecule has 0 aliphatic heterocycles. The number of rotatable bonds is 8. The molecule has 0 aromatic carbocycles. The van der Waals surface area contributed by atoms with Crippen molar-refractivity contribution in [2.45, 2.75) is 53.4 Å². The molecule has 0 aliphatic rings. The van der Waals surface area contributed by atoms with Crippen molar-refractivity contribution in [1.29, 1.82) is 0 Å². The summed E-state index contributed by atoms with van der Waals surface area (Å²) in [7, 11) is 0. The molecule has 0 fully saturated rings. The van der Waals surface area contributed by atoms with E-state index in [0.717, 1.165) is 42.2 Å². The van der Waals surface area contributed by atoms with Gasteiger partial charge in [0.1, 0.15) is 11.6 Å². The van der Waals surface area contributed by atoms with Gasteiger partial charge < -0.3 is 10.1 Å². The summed E-state index contributed by atoms with van der Waals surface area (Å²) in [6, 6.07) is 0. The zero-order valence-corrected chi connectivity index (χ0v) is 13.4. The maximum atomic E-state index is 5.81. The predicted octanol–water partition coefficient (Wildman–Crippen LogP) is 4.08. The van der Waals surface area contributed by atoms with E-state index in [-0.39, 0.29) is 5.92 Å². The largest absolute Gasteiger partial charge is 0.477 e. The van der Waals surface area contributed by atoms with Crippen LogP contribution in [0, 0.1) is 6.92 Å². The summed E-state index contributed by atoms with van der Waals surface area (Å²) < 4.78 is 5.81. The van der Waals surface area contributed by atoms with E-state index in [2.05, 4.69) is 42.6 Å². The quantitative estimate of drug-likeness (QED) is 0.727. The first-order valence-electron chi connectivity index (χ1n) is 7.35. The number of nitrogens with one attached hydrogen (secondary N) is 1. The highest BCUT2D eigenvalue weighted by Crippen LogP contribution is 2.25. The van der Waals surface area contributed by atoms with Crippen LogP contribution in [-0.4, -0.2) is 23.1 Å². The summed E-state index contributed by atoms with van der Waals surface area (Å²) in [6.07, 6.45) is 1.91. The lowest BCUT2D eigenvalue weighted by Gasteiger charge is -2.15. The second-order valence-corrected chi connectivity index (χ2v) is 5.50. The monoisotopic (exact) mass is 277 g/mol. The molecule has 0 bridgehead atoms. The third kappa shape index (κ3) is 4.83. The molecule has 1 aromatic heterocycles. The molecule has 0 radical (unpaired) electrons. The van der Waals surface area contributed by atoms with Crippen LogP contribution < -0.4 is 10.1 Å². The van der Waals surface area contributed by atoms with Gasteiger partial charge in [0.25, 0.3) is 0 Å². The maximum absolute atomic E-state index is 5.81. The molecule has 0 amide bonds. The predicted molar refractivity (Wildman–Crippen MR) is 84.6 cm³/mol. The van der Waals surface area contributed by atoms with Gasteiger partial charge in [-0.15, -0.1) is 6.58 Å². The van der Waals surface area contributed by atoms with E-state index >= 15 is 0 Å². The Balaban J connectivity index is 2.94. The molecule has 1 rings (SSSR count). The van der Waals surface area contributed by atoms with Gasteiger partial charge >= 0.3 is 0 Å². The van der Waals surface area contributed by atoms with Crippen LogP contribution >= 0.6 is 0 Å². The van der Waals surface area contributed by atoms with Crippen molar-refractivity contribution in [2.75, 3.05) is 18.5 Å². The summed E-state index contributed by atoms with van der Waals surface area (Å²) in [4.78, 5) is 9.13. The van der Waals surface area contributed by atoms with Crippen LogP contribution in [0.2, 0.25) is 0 Å². The molecular formula is C16H27N3O. The summed E-state index contributed by atoms with van der Waals surface area (Å²) in [5, 5.41) is 3.35. The third-order valence-corrected chi connectivity index (χ3v) is 2.94. The summed E-state index contributed by atoms with van der Waals surface area (Å²) in [5.74, 6) is 2.67. The highest BCUT2D eigenvalue weighted by Gasteiger charge is 2.13. The van der Waals surface area contributed by atoms with Crippen LogP contribution in [0.25, 0.3) is 0 Å². The van der Waals surface area contributed by atoms with Gasteiger partial charge in [-0.1, -0.05) is 26.3 Å². The first-order chi connectivity index (χ1) is 9.45. The SMILES string of the molecule is C=C(C)CCOc1nc(C(C)C)nc(NCCC)c1C. The summed E-state index contributed by atoms with van der Waals surface area (Å²) in [6.45, 7) is 15.7. The Morgan fingerprint density at radius 3 is 2.60 bits per heavy atom. The molecule has 4 heteroatoms. The molecule has 0 saturated carbocycles. The normalized spacial score (nSPS) is 10.7. The van der Waals surface area contributed by atoms with Gasteiger partial charge in [0.05, 0.1) is 12.2 Å². The lowest BCUT2D eigenvalue weighted by atomic mass is 10.2. The van der Waals surface area contributed by atoms with Gasteiger partial charge in [0.2, 0.25) is 5.88 Å². The van der Waals surface area contributed by atoms with Crippen molar-refractivity contribution in [3.8, 4) is 5.88 Å². The van der Waals surface area contributed by atoms with Crippen LogP contribution in [0.15, 0.2) is 12.2 Å². The molecule has 0 aliphatic carbocycles. The minimum atomic E-state index is 0.279. The summed E-state index contributed by atoms with van der Waals surface area (Å²) in [5.41, 5.74) is 2.09. The lowest BCUT2D eigenvalue weighted by molar-refractivity contribution is 0.305. The van der Waals surface area contributed by atoms with Crippen LogP contribution in [0.4, 0.5) is 5.82 Å². The maximum Gasteiger partial charge on any atom is 0.221 e. The molecule has 1 aromatic rings. The molecular weight excluding hydrogens is 250 g/mol. The van der Waals surface area contributed by atoms with Gasteiger partial charge in [-0.3, -0.25) is 0 Å². The van der Waals surface area contributed by atoms with Crippen LogP contribution in [0.3, 0.4) is 0 Å². The smallest absolute Gasteiger partial charge is 0.221 e. The zero-order chi connectivity index (χ0) is 15.1. The molecule has 20 heavy (non-hydrogen) atoms. The van der Waals surface area contributed by atoms with Crippen LogP contribution in [0.1, 0.15) is 57.8 Å². The van der Waals surface area contributed by atoms with Gasteiger partial charge in [0.15, 0.2) is 0 Å². The first-order valence-corrected chi connectivity index (χ1v) is 7.35. The average molecular weight is 277 g/mol. The fraction of sp³-hybridized carbons (Fsp3) is 0.625. The van der Waals surface area contributed by atoms with Crippen molar-refractivity contribution in [2.24, 2.45) is 0 Å². The first kappa shape index (κ1) is 16.5. The van der Waals surface area contributed by atoms with Crippen LogP contribution in [0.5, 0.6) is 5.88 Å². The molecule has 0 spiro atoms. The lowest BCUT2D eigenvalue weighted by Crippen LogP contribution is -2.11. The molecule has 0 saturated heterocycles. The fourth-order valence-corrected chi connectivity index (χ4v) is 1.65. The van der Waals surface area contributed by atoms with Gasteiger partial charge in [0, 0.05) is 18.9 Å². The number of nitrogens with zero attached hydrogens (tertiary/aromatic N) is 2. The molecule has 4 nitrogen and oxygen atoms in total. The van der Waals surface area contributed by atoms with E-state index < -0.39 is 0 Å². The van der Waals surface area contributed by atoms with Crippen molar-refractivity contribution in [3.05, 3.63) is 23.5 Å². The van der Waals surface area contributed by atoms with E-state index in [1.807, 2.05) is 13.8 Å². The Morgan fingerprint density at radius 2 is 2.05 bits per heavy atom. The molecule has 112 valence electrons. The second-order valence-electron chi connectivity index (χ2n) is 5.50. The van der Waals surface area contributed by atoms with E-state index in [9.17, 15) is 0 Å². The Hall–Kier alpha value is -1.58. The minimum Gasteiger partial charge on any atom is -0.477 e. The number of hydrogen-bond donors (Lipinski definition) is 1. The molecule has 0 unspecified atom stereocenters. The van der Waals surface area contributed by atoms with E-state index in [0.29, 0.717) is 12.5 Å². The number of hydrogen-bond acceptors (Lipinski definition) is 4. The molecule has 0 atom stereocenters. The third-order valence-electron chi connectivity index (χ3n) is 2.94. The Morgan fingerprint density at radius 1 is 1.35 bits per heavy atom. The van der Waals surface area contributed by atoms with Crippen molar-refractivity contribution < 1.29 is 4.74 Å². The second kappa shape index (κ2) is 7.88. The van der Waals surface area contributed by atoms with Crippen molar-refractivity contribution in [1.82, 2.24) is 9.97 Å². The van der Waals surface area contributed by atoms with Gasteiger partial charge in [-0.25, -0.2) is 4.98 Å². The summed E-state index contributed by atoms with van der Waals surface area (Å²) >= 11 is 0. The standard InChI is InChI=1S/C16H27N3O/c1-7-9-17-15-13(6)16(20-10-8-11(2)3)19-14(18-15)12(4)5/h12H,2,7-10H2,1,3-6H3,(H,17,18,19). The average Bonchev–Trinajstić information content (AvgIpc) is 2.38.